The monoisotopic (exact) mass is 257 g/mol. The van der Waals surface area contributed by atoms with Crippen LogP contribution in [0, 0.1) is 5.92 Å². The van der Waals surface area contributed by atoms with Crippen molar-refractivity contribution in [2.45, 2.75) is 51.7 Å². The van der Waals surface area contributed by atoms with E-state index >= 15 is 0 Å². The molecule has 1 rings (SSSR count). The van der Waals surface area contributed by atoms with Gasteiger partial charge in [0.2, 0.25) is 5.91 Å². The highest BCUT2D eigenvalue weighted by molar-refractivity contribution is 5.84. The minimum Gasteiger partial charge on any atom is -0.480 e. The molecule has 1 aliphatic rings. The molecule has 0 saturated carbocycles. The fourth-order valence-electron chi connectivity index (χ4n) is 2.42. The van der Waals surface area contributed by atoms with Crippen molar-refractivity contribution in [1.82, 2.24) is 4.90 Å². The molecular formula is C13H23NO4. The topological polar surface area (TPSA) is 66.8 Å². The molecule has 1 saturated heterocycles. The summed E-state index contributed by atoms with van der Waals surface area (Å²) in [5.74, 6) is -0.656. The lowest BCUT2D eigenvalue weighted by Crippen LogP contribution is -2.41. The Bertz CT molecular complexity index is 301. The van der Waals surface area contributed by atoms with Crippen LogP contribution in [-0.2, 0) is 14.3 Å². The second-order valence-electron chi connectivity index (χ2n) is 4.88. The van der Waals surface area contributed by atoms with Gasteiger partial charge >= 0.3 is 5.97 Å². The average Bonchev–Trinajstić information content (AvgIpc) is 2.80. The Morgan fingerprint density at radius 1 is 1.39 bits per heavy atom. The van der Waals surface area contributed by atoms with Gasteiger partial charge in [-0.3, -0.25) is 4.79 Å². The van der Waals surface area contributed by atoms with Gasteiger partial charge in [0.1, 0.15) is 6.04 Å². The standard InChI is InChI=1S/C13H23NO4/c1-4-9(5-2)6-12(15)14-8-10(18-3)7-11(14)13(16)17/h9-11H,4-8H2,1-3H3,(H,16,17). The van der Waals surface area contributed by atoms with Gasteiger partial charge in [0.25, 0.3) is 0 Å². The number of likely N-dealkylation sites (tertiary alicyclic amines) is 1. The van der Waals surface area contributed by atoms with E-state index in [1.54, 1.807) is 7.11 Å². The van der Waals surface area contributed by atoms with E-state index in [2.05, 4.69) is 13.8 Å². The largest absolute Gasteiger partial charge is 0.480 e. The quantitative estimate of drug-likeness (QED) is 0.783. The lowest BCUT2D eigenvalue weighted by Gasteiger charge is -2.23. The molecular weight excluding hydrogens is 234 g/mol. The number of carboxylic acids is 1. The number of methoxy groups -OCH3 is 1. The van der Waals surface area contributed by atoms with Gasteiger partial charge in [-0.2, -0.15) is 0 Å². The number of nitrogens with zero attached hydrogens (tertiary/aromatic N) is 1. The van der Waals surface area contributed by atoms with Crippen LogP contribution in [0.5, 0.6) is 0 Å². The lowest BCUT2D eigenvalue weighted by molar-refractivity contribution is -0.148. The second-order valence-corrected chi connectivity index (χ2v) is 4.88. The van der Waals surface area contributed by atoms with Gasteiger partial charge in [0.15, 0.2) is 0 Å². The van der Waals surface area contributed by atoms with Crippen molar-refractivity contribution in [1.29, 1.82) is 0 Å². The van der Waals surface area contributed by atoms with E-state index in [4.69, 9.17) is 9.84 Å². The van der Waals surface area contributed by atoms with Crippen LogP contribution in [0.1, 0.15) is 39.5 Å². The first kappa shape index (κ1) is 15.0. The highest BCUT2D eigenvalue weighted by atomic mass is 16.5. The number of carbonyl (C=O) groups excluding carboxylic acids is 1. The van der Waals surface area contributed by atoms with Gasteiger partial charge < -0.3 is 14.7 Å². The van der Waals surface area contributed by atoms with Gasteiger partial charge in [-0.25, -0.2) is 4.79 Å². The average molecular weight is 257 g/mol. The predicted molar refractivity (Wildman–Crippen MR) is 67.2 cm³/mol. The summed E-state index contributed by atoms with van der Waals surface area (Å²) in [5.41, 5.74) is 0. The van der Waals surface area contributed by atoms with E-state index in [-0.39, 0.29) is 12.0 Å². The van der Waals surface area contributed by atoms with Crippen LogP contribution in [-0.4, -0.2) is 47.7 Å². The highest BCUT2D eigenvalue weighted by Gasteiger charge is 2.39. The summed E-state index contributed by atoms with van der Waals surface area (Å²) in [5, 5.41) is 9.14. The molecule has 0 aromatic rings. The van der Waals surface area contributed by atoms with Crippen LogP contribution in [0.3, 0.4) is 0 Å². The third-order valence-corrected chi connectivity index (χ3v) is 3.82. The Hall–Kier alpha value is -1.10. The molecule has 2 atom stereocenters. The molecule has 2 unspecified atom stereocenters. The maximum absolute atomic E-state index is 12.2. The van der Waals surface area contributed by atoms with Gasteiger partial charge in [0.05, 0.1) is 6.10 Å². The highest BCUT2D eigenvalue weighted by Crippen LogP contribution is 2.23. The maximum atomic E-state index is 12.2. The molecule has 1 amide bonds. The minimum atomic E-state index is -0.938. The molecule has 0 bridgehead atoms. The first-order valence-electron chi connectivity index (χ1n) is 6.58. The summed E-state index contributed by atoms with van der Waals surface area (Å²) in [7, 11) is 1.55. The summed E-state index contributed by atoms with van der Waals surface area (Å²) < 4.78 is 5.17. The Morgan fingerprint density at radius 2 is 2.00 bits per heavy atom. The third-order valence-electron chi connectivity index (χ3n) is 3.82. The smallest absolute Gasteiger partial charge is 0.326 e. The van der Waals surface area contributed by atoms with Crippen LogP contribution in [0.15, 0.2) is 0 Å². The van der Waals surface area contributed by atoms with E-state index in [9.17, 15) is 9.59 Å². The van der Waals surface area contributed by atoms with Crippen molar-refractivity contribution in [2.75, 3.05) is 13.7 Å². The Morgan fingerprint density at radius 3 is 2.44 bits per heavy atom. The first-order valence-corrected chi connectivity index (χ1v) is 6.58. The van der Waals surface area contributed by atoms with Gasteiger partial charge in [-0.1, -0.05) is 26.7 Å². The Labute approximate surface area is 108 Å². The van der Waals surface area contributed by atoms with Crippen LogP contribution < -0.4 is 0 Å². The van der Waals surface area contributed by atoms with E-state index in [1.807, 2.05) is 0 Å². The number of hydrogen-bond acceptors (Lipinski definition) is 3. The van der Waals surface area contributed by atoms with Crippen molar-refractivity contribution in [3.8, 4) is 0 Å². The SMILES string of the molecule is CCC(CC)CC(=O)N1CC(OC)CC1C(=O)O. The molecule has 104 valence electrons. The zero-order valence-corrected chi connectivity index (χ0v) is 11.4. The van der Waals surface area contributed by atoms with E-state index in [0.29, 0.717) is 25.3 Å². The van der Waals surface area contributed by atoms with Crippen LogP contribution in [0.25, 0.3) is 0 Å². The predicted octanol–water partition coefficient (Wildman–Crippen LogP) is 1.51. The number of hydrogen-bond donors (Lipinski definition) is 1. The molecule has 0 aromatic heterocycles. The molecule has 18 heavy (non-hydrogen) atoms. The molecule has 1 heterocycles. The fourth-order valence-corrected chi connectivity index (χ4v) is 2.42. The normalized spacial score (nSPS) is 23.7. The third kappa shape index (κ3) is 3.45. The molecule has 0 spiro atoms. The number of aliphatic carboxylic acids is 1. The maximum Gasteiger partial charge on any atom is 0.326 e. The lowest BCUT2D eigenvalue weighted by atomic mass is 9.98. The number of ether oxygens (including phenoxy) is 1. The number of amides is 1. The molecule has 5 nitrogen and oxygen atoms in total. The van der Waals surface area contributed by atoms with Crippen LogP contribution in [0.2, 0.25) is 0 Å². The van der Waals surface area contributed by atoms with Crippen molar-refractivity contribution in [3.05, 3.63) is 0 Å². The van der Waals surface area contributed by atoms with Crippen LogP contribution >= 0.6 is 0 Å². The summed E-state index contributed by atoms with van der Waals surface area (Å²) in [4.78, 5) is 24.8. The fraction of sp³-hybridized carbons (Fsp3) is 0.846. The van der Waals surface area contributed by atoms with Gasteiger partial charge in [0, 0.05) is 26.5 Å². The summed E-state index contributed by atoms with van der Waals surface area (Å²) in [6.07, 6.45) is 2.56. The van der Waals surface area contributed by atoms with Gasteiger partial charge in [-0.15, -0.1) is 0 Å². The zero-order chi connectivity index (χ0) is 13.7. The molecule has 1 fully saturated rings. The Kier molecular flexibility index (Phi) is 5.59. The van der Waals surface area contributed by atoms with E-state index < -0.39 is 12.0 Å². The number of carboxylic acid groups (broad SMARTS) is 1. The summed E-state index contributed by atoms with van der Waals surface area (Å²) in [6.45, 7) is 4.50. The molecule has 1 aliphatic heterocycles. The van der Waals surface area contributed by atoms with Crippen molar-refractivity contribution >= 4 is 11.9 Å². The van der Waals surface area contributed by atoms with E-state index in [0.717, 1.165) is 12.8 Å². The van der Waals surface area contributed by atoms with Crippen LogP contribution in [0.4, 0.5) is 0 Å². The molecule has 1 N–H and O–H groups in total. The van der Waals surface area contributed by atoms with Crippen molar-refractivity contribution in [3.63, 3.8) is 0 Å². The minimum absolute atomic E-state index is 0.0596. The zero-order valence-electron chi connectivity index (χ0n) is 11.4. The van der Waals surface area contributed by atoms with Gasteiger partial charge in [-0.05, 0) is 5.92 Å². The van der Waals surface area contributed by atoms with Crippen molar-refractivity contribution < 1.29 is 19.4 Å². The number of carbonyl (C=O) groups is 2. The second kappa shape index (κ2) is 6.73. The van der Waals surface area contributed by atoms with Crippen molar-refractivity contribution in [2.24, 2.45) is 5.92 Å². The number of rotatable bonds is 6. The first-order chi connectivity index (χ1) is 8.53. The molecule has 0 aromatic carbocycles. The molecule has 0 radical (unpaired) electrons. The van der Waals surface area contributed by atoms with E-state index in [1.165, 1.54) is 4.90 Å². The summed E-state index contributed by atoms with van der Waals surface area (Å²) in [6, 6.07) is -0.725. The Balaban J connectivity index is 2.67. The molecule has 5 heteroatoms. The molecule has 0 aliphatic carbocycles. The summed E-state index contributed by atoms with van der Waals surface area (Å²) >= 11 is 0.